The fourth-order valence-electron chi connectivity index (χ4n) is 2.55. The fraction of sp³-hybridized carbons (Fsp3) is 0.250. The van der Waals surface area contributed by atoms with Crippen LogP contribution in [0.1, 0.15) is 46.0 Å². The van der Waals surface area contributed by atoms with Gasteiger partial charge in [-0.15, -0.1) is 0 Å². The molecule has 0 spiro atoms. The van der Waals surface area contributed by atoms with E-state index >= 15 is 0 Å². The maximum atomic E-state index is 12.7. The van der Waals surface area contributed by atoms with Crippen molar-refractivity contribution >= 4 is 17.7 Å². The average molecular weight is 340 g/mol. The van der Waals surface area contributed by atoms with E-state index in [-0.39, 0.29) is 17.7 Å². The Morgan fingerprint density at radius 3 is 2.16 bits per heavy atom. The van der Waals surface area contributed by atoms with Crippen molar-refractivity contribution in [2.45, 2.75) is 26.4 Å². The summed E-state index contributed by atoms with van der Waals surface area (Å²) in [6, 6.07) is 15.1. The third-order valence-corrected chi connectivity index (χ3v) is 3.83. The Morgan fingerprint density at radius 1 is 0.960 bits per heavy atom. The van der Waals surface area contributed by atoms with Gasteiger partial charge in [0, 0.05) is 5.56 Å². The van der Waals surface area contributed by atoms with Gasteiger partial charge < -0.3 is 9.84 Å². The van der Waals surface area contributed by atoms with Gasteiger partial charge in [0.1, 0.15) is 12.5 Å². The normalized spacial score (nSPS) is 11.6. The molecule has 2 aromatic rings. The van der Waals surface area contributed by atoms with Gasteiger partial charge in [-0.25, -0.2) is 4.79 Å². The van der Waals surface area contributed by atoms with E-state index in [9.17, 15) is 19.5 Å². The first-order valence-electron chi connectivity index (χ1n) is 8.11. The van der Waals surface area contributed by atoms with Crippen molar-refractivity contribution in [2.24, 2.45) is 5.92 Å². The number of carbonyl (C=O) groups excluding carboxylic acids is 2. The molecule has 0 amide bonds. The molecule has 0 aliphatic carbocycles. The van der Waals surface area contributed by atoms with Crippen LogP contribution >= 0.6 is 0 Å². The number of benzene rings is 2. The lowest BCUT2D eigenvalue weighted by atomic mass is 9.91. The van der Waals surface area contributed by atoms with E-state index in [2.05, 4.69) is 0 Å². The fourth-order valence-corrected chi connectivity index (χ4v) is 2.55. The molecular formula is C20H20O5. The third-order valence-electron chi connectivity index (χ3n) is 3.83. The van der Waals surface area contributed by atoms with Crippen LogP contribution in [0.25, 0.3) is 0 Å². The molecule has 130 valence electrons. The maximum absolute atomic E-state index is 12.7. The highest BCUT2D eigenvalue weighted by Gasteiger charge is 2.30. The molecule has 0 aromatic heterocycles. The minimum atomic E-state index is -1.20. The van der Waals surface area contributed by atoms with Crippen molar-refractivity contribution in [1.29, 1.82) is 0 Å². The van der Waals surface area contributed by atoms with Crippen molar-refractivity contribution in [2.75, 3.05) is 0 Å². The second-order valence-corrected chi connectivity index (χ2v) is 5.65. The van der Waals surface area contributed by atoms with Crippen LogP contribution in [0.3, 0.4) is 0 Å². The van der Waals surface area contributed by atoms with Gasteiger partial charge in [-0.2, -0.15) is 0 Å². The predicted octanol–water partition coefficient (Wildman–Crippen LogP) is 3.73. The van der Waals surface area contributed by atoms with Crippen LogP contribution < -0.4 is 0 Å². The molecular weight excluding hydrogens is 320 g/mol. The number of ketones is 1. The Balaban J connectivity index is 2.17. The molecule has 1 unspecified atom stereocenters. The minimum Gasteiger partial charge on any atom is -0.478 e. The summed E-state index contributed by atoms with van der Waals surface area (Å²) in [5, 5.41) is 9.25. The first kappa shape index (κ1) is 18.4. The van der Waals surface area contributed by atoms with E-state index in [1.807, 2.05) is 37.3 Å². The van der Waals surface area contributed by atoms with Crippen LogP contribution in [-0.2, 0) is 16.1 Å². The van der Waals surface area contributed by atoms with Crippen molar-refractivity contribution in [3.05, 3.63) is 71.3 Å². The first-order chi connectivity index (χ1) is 12.0. The summed E-state index contributed by atoms with van der Waals surface area (Å²) in [5.41, 5.74) is 0.749. The molecule has 0 aliphatic rings. The monoisotopic (exact) mass is 340 g/mol. The lowest BCUT2D eigenvalue weighted by Gasteiger charge is -2.15. The van der Waals surface area contributed by atoms with Gasteiger partial charge in [-0.3, -0.25) is 9.59 Å². The summed E-state index contributed by atoms with van der Waals surface area (Å²) in [7, 11) is 0. The lowest BCUT2D eigenvalue weighted by Crippen LogP contribution is -2.27. The SMILES string of the molecule is CCCC(C(=O)OCc1ccccc1)C(=O)c1ccccc1C(=O)O. The number of esters is 1. The summed E-state index contributed by atoms with van der Waals surface area (Å²) >= 11 is 0. The molecule has 0 bridgehead atoms. The summed E-state index contributed by atoms with van der Waals surface area (Å²) in [5.74, 6) is -3.35. The summed E-state index contributed by atoms with van der Waals surface area (Å²) < 4.78 is 5.28. The Hall–Kier alpha value is -2.95. The highest BCUT2D eigenvalue weighted by Crippen LogP contribution is 2.20. The standard InChI is InChI=1S/C20H20O5/c1-2-8-17(20(24)25-13-14-9-4-3-5-10-14)18(21)15-11-6-7-12-16(15)19(22)23/h3-7,9-12,17H,2,8,13H2,1H3,(H,22,23). The van der Waals surface area contributed by atoms with Gasteiger partial charge in [0.05, 0.1) is 5.56 Å². The molecule has 1 atom stereocenters. The Morgan fingerprint density at radius 2 is 1.56 bits per heavy atom. The van der Waals surface area contributed by atoms with Crippen LogP contribution in [0.2, 0.25) is 0 Å². The maximum Gasteiger partial charge on any atom is 0.336 e. The summed E-state index contributed by atoms with van der Waals surface area (Å²) in [4.78, 5) is 36.5. The van der Waals surface area contributed by atoms with Crippen molar-refractivity contribution in [3.8, 4) is 0 Å². The summed E-state index contributed by atoms with van der Waals surface area (Å²) in [6.45, 7) is 1.93. The molecule has 0 radical (unpaired) electrons. The number of rotatable bonds is 8. The van der Waals surface area contributed by atoms with Crippen LogP contribution in [0.4, 0.5) is 0 Å². The van der Waals surface area contributed by atoms with E-state index in [1.54, 1.807) is 12.1 Å². The number of carboxylic acids is 1. The van der Waals surface area contributed by atoms with Gasteiger partial charge in [0.2, 0.25) is 0 Å². The number of carbonyl (C=O) groups is 3. The highest BCUT2D eigenvalue weighted by molar-refractivity contribution is 6.13. The molecule has 2 aromatic carbocycles. The smallest absolute Gasteiger partial charge is 0.336 e. The van der Waals surface area contributed by atoms with Crippen LogP contribution in [0.5, 0.6) is 0 Å². The predicted molar refractivity (Wildman–Crippen MR) is 92.4 cm³/mol. The first-order valence-corrected chi connectivity index (χ1v) is 8.11. The van der Waals surface area contributed by atoms with Gasteiger partial charge in [0.15, 0.2) is 5.78 Å². The van der Waals surface area contributed by atoms with Crippen LogP contribution in [-0.4, -0.2) is 22.8 Å². The Kier molecular flexibility index (Phi) is 6.46. The average Bonchev–Trinajstić information content (AvgIpc) is 2.64. The second-order valence-electron chi connectivity index (χ2n) is 5.65. The zero-order valence-electron chi connectivity index (χ0n) is 14.0. The zero-order valence-corrected chi connectivity index (χ0v) is 14.0. The molecule has 25 heavy (non-hydrogen) atoms. The van der Waals surface area contributed by atoms with E-state index in [4.69, 9.17) is 4.74 Å². The Labute approximate surface area is 146 Å². The molecule has 5 heteroatoms. The van der Waals surface area contributed by atoms with Crippen molar-refractivity contribution in [3.63, 3.8) is 0 Å². The van der Waals surface area contributed by atoms with E-state index in [0.29, 0.717) is 12.8 Å². The number of hydrogen-bond acceptors (Lipinski definition) is 4. The van der Waals surface area contributed by atoms with Crippen LogP contribution in [0, 0.1) is 5.92 Å². The minimum absolute atomic E-state index is 0.0325. The molecule has 1 N–H and O–H groups in total. The molecule has 0 aliphatic heterocycles. The number of hydrogen-bond donors (Lipinski definition) is 1. The lowest BCUT2D eigenvalue weighted by molar-refractivity contribution is -0.148. The zero-order chi connectivity index (χ0) is 18.2. The van der Waals surface area contributed by atoms with E-state index < -0.39 is 23.6 Å². The summed E-state index contributed by atoms with van der Waals surface area (Å²) in [6.07, 6.45) is 0.909. The number of aromatic carboxylic acids is 1. The van der Waals surface area contributed by atoms with E-state index in [1.165, 1.54) is 12.1 Å². The van der Waals surface area contributed by atoms with Gasteiger partial charge >= 0.3 is 11.9 Å². The number of Topliss-reactive ketones (excluding diaryl/α,β-unsaturated/α-hetero) is 1. The topological polar surface area (TPSA) is 80.7 Å². The molecule has 0 fully saturated rings. The number of ether oxygens (including phenoxy) is 1. The molecule has 2 rings (SSSR count). The second kappa shape index (κ2) is 8.78. The largest absolute Gasteiger partial charge is 0.478 e. The number of carboxylic acid groups (broad SMARTS) is 1. The molecule has 5 nitrogen and oxygen atoms in total. The van der Waals surface area contributed by atoms with E-state index in [0.717, 1.165) is 5.56 Å². The highest BCUT2D eigenvalue weighted by atomic mass is 16.5. The molecule has 0 saturated carbocycles. The van der Waals surface area contributed by atoms with Crippen LogP contribution in [0.15, 0.2) is 54.6 Å². The Bertz CT molecular complexity index is 752. The molecule has 0 saturated heterocycles. The van der Waals surface area contributed by atoms with Gasteiger partial charge in [-0.05, 0) is 18.1 Å². The molecule has 0 heterocycles. The van der Waals surface area contributed by atoms with Crippen molar-refractivity contribution < 1.29 is 24.2 Å². The van der Waals surface area contributed by atoms with Gasteiger partial charge in [-0.1, -0.05) is 61.9 Å². The third kappa shape index (κ3) is 4.76. The van der Waals surface area contributed by atoms with Gasteiger partial charge in [0.25, 0.3) is 0 Å². The van der Waals surface area contributed by atoms with Crippen molar-refractivity contribution in [1.82, 2.24) is 0 Å². The quantitative estimate of drug-likeness (QED) is 0.450.